The first-order chi connectivity index (χ1) is 21.1. The highest BCUT2D eigenvalue weighted by atomic mass is 32.2. The molecule has 0 saturated heterocycles. The van der Waals surface area contributed by atoms with Crippen LogP contribution in [0.2, 0.25) is 0 Å². The van der Waals surface area contributed by atoms with Gasteiger partial charge in [-0.1, -0.05) is 60.6 Å². The zero-order valence-electron chi connectivity index (χ0n) is 27.2. The number of nitrogens with one attached hydrogen (secondary N) is 4. The maximum atomic E-state index is 14.6. The van der Waals surface area contributed by atoms with Gasteiger partial charge in [0.05, 0.1) is 28.1 Å². The number of hydrogen-bond acceptors (Lipinski definition) is 8. The van der Waals surface area contributed by atoms with Crippen molar-refractivity contribution in [3.05, 3.63) is 82.3 Å². The summed E-state index contributed by atoms with van der Waals surface area (Å²) in [5, 5.41) is -0.755. The van der Waals surface area contributed by atoms with Gasteiger partial charge >= 0.3 is 0 Å². The van der Waals surface area contributed by atoms with Gasteiger partial charge in [0.15, 0.2) is 16.0 Å². The van der Waals surface area contributed by atoms with Crippen LogP contribution in [-0.2, 0) is 15.3 Å². The van der Waals surface area contributed by atoms with Crippen LogP contribution in [0.15, 0.2) is 58.7 Å². The van der Waals surface area contributed by atoms with Gasteiger partial charge in [0.1, 0.15) is 22.7 Å². The lowest BCUT2D eigenvalue weighted by Gasteiger charge is -2.45. The van der Waals surface area contributed by atoms with Crippen LogP contribution in [0.25, 0.3) is 5.70 Å². The quantitative estimate of drug-likeness (QED) is 0.252. The number of rotatable bonds is 8. The van der Waals surface area contributed by atoms with Gasteiger partial charge in [-0.05, 0) is 74.4 Å². The van der Waals surface area contributed by atoms with Crippen molar-refractivity contribution in [3.8, 4) is 0 Å². The number of hydrogen-bond donors (Lipinski definition) is 4. The van der Waals surface area contributed by atoms with Gasteiger partial charge in [-0.15, -0.1) is 0 Å². The Morgan fingerprint density at radius 2 is 1.66 bits per heavy atom. The molecule has 44 heavy (non-hydrogen) atoms. The highest BCUT2D eigenvalue weighted by Gasteiger charge is 2.44. The second-order valence-corrected chi connectivity index (χ2v) is 13.2. The molecule has 2 aromatic rings. The Kier molecular flexibility index (Phi) is 12.1. The van der Waals surface area contributed by atoms with E-state index in [0.29, 0.717) is 17.2 Å². The molecule has 3 aliphatic rings. The smallest absolute Gasteiger partial charge is 0.160 e. The van der Waals surface area contributed by atoms with Crippen LogP contribution in [0, 0.1) is 17.6 Å². The van der Waals surface area contributed by atoms with Crippen molar-refractivity contribution in [2.45, 2.75) is 97.9 Å². The largest absolute Gasteiger partial charge is 0.306 e. The van der Waals surface area contributed by atoms with Crippen molar-refractivity contribution in [3.63, 3.8) is 0 Å². The molecule has 1 aromatic heterocycles. The highest BCUT2D eigenvalue weighted by Crippen LogP contribution is 2.48. The van der Waals surface area contributed by atoms with E-state index in [1.165, 1.54) is 18.2 Å². The maximum absolute atomic E-state index is 14.6. The van der Waals surface area contributed by atoms with Gasteiger partial charge in [-0.2, -0.15) is 0 Å². The minimum Gasteiger partial charge on any atom is -0.306 e. The average molecular weight is 633 g/mol. The van der Waals surface area contributed by atoms with Crippen molar-refractivity contribution in [1.29, 1.82) is 0 Å². The molecule has 1 aromatic carbocycles. The van der Waals surface area contributed by atoms with Gasteiger partial charge in [-0.3, -0.25) is 4.98 Å². The second-order valence-electron chi connectivity index (χ2n) is 10.5. The van der Waals surface area contributed by atoms with E-state index in [1.54, 1.807) is 13.8 Å². The summed E-state index contributed by atoms with van der Waals surface area (Å²) in [4.78, 5) is 9.65. The second kappa shape index (κ2) is 15.1. The van der Waals surface area contributed by atoms with E-state index in [2.05, 4.69) is 40.5 Å². The minimum absolute atomic E-state index is 0. The Labute approximate surface area is 263 Å². The summed E-state index contributed by atoms with van der Waals surface area (Å²) in [6, 6.07) is 9.68. The van der Waals surface area contributed by atoms with E-state index in [4.69, 9.17) is 4.98 Å². The predicted molar refractivity (Wildman–Crippen MR) is 177 cm³/mol. The number of pyridine rings is 1. The molecule has 11 heteroatoms. The van der Waals surface area contributed by atoms with Gasteiger partial charge in [0.25, 0.3) is 0 Å². The van der Waals surface area contributed by atoms with Gasteiger partial charge < -0.3 is 16.3 Å². The molecule has 0 fully saturated rings. The molecule has 4 N–H and O–H groups in total. The van der Waals surface area contributed by atoms with Crippen molar-refractivity contribution in [2.75, 3.05) is 5.75 Å². The van der Waals surface area contributed by atoms with Gasteiger partial charge in [-0.25, -0.2) is 27.6 Å². The topological polar surface area (TPSA) is 108 Å². The molecule has 0 spiro atoms. The number of benzene rings is 1. The first-order valence-electron chi connectivity index (χ1n) is 15.9. The number of amidine groups is 1. The Morgan fingerprint density at radius 3 is 2.27 bits per heavy atom. The maximum Gasteiger partial charge on any atom is 0.160 e. The lowest BCUT2D eigenvalue weighted by molar-refractivity contribution is 0.316. The lowest BCUT2D eigenvalue weighted by atomic mass is 9.65. The standard InChI is InChI=1S/C29H36F2N6O2S.2C2H6.H2/c1-5-18-14-15-29(6-2,26-19(18)16-23(34-35-26)25-20(30)10-8-11-21(25)31)24-13-9-12-22(32-24)28-33-27(36-37-28)17(4)40(38,39)7-3;2*1-2;/h8-13,16-18,28,34-35,37H,5-7,14-15H2,1-4H3,(H,33,36);2*1-2H3;1H/t17-,18-,28?,29+;;;/m0.../s1. The van der Waals surface area contributed by atoms with E-state index in [-0.39, 0.29) is 18.7 Å². The molecule has 2 aliphatic heterocycles. The third kappa shape index (κ3) is 6.68. The summed E-state index contributed by atoms with van der Waals surface area (Å²) in [7, 11) is -3.30. The molecule has 5 rings (SSSR count). The summed E-state index contributed by atoms with van der Waals surface area (Å²) < 4.78 is 54.1. The van der Waals surface area contributed by atoms with Crippen molar-refractivity contribution >= 4 is 21.4 Å². The van der Waals surface area contributed by atoms with Crippen LogP contribution in [-0.4, -0.2) is 30.2 Å². The number of halogens is 2. The summed E-state index contributed by atoms with van der Waals surface area (Å²) in [5.74, 6) is -0.615. The number of allylic oxidation sites excluding steroid dienone is 3. The van der Waals surface area contributed by atoms with E-state index < -0.39 is 38.3 Å². The number of hydrazine groups is 2. The molecule has 0 amide bonds. The molecule has 244 valence electrons. The molecular formula is C33H50F2N6O2S. The van der Waals surface area contributed by atoms with E-state index in [0.717, 1.165) is 42.6 Å². The SMILES string of the molecule is CC.CC.CC[C@H]1CC[C@](CC)(c2cccc(C3N=C([C@H](C)S(=O)(=O)CC)NN3)n2)C2=C1C=C(c1c(F)cccc1F)NN2.[HH]. The molecule has 1 aliphatic carbocycles. The molecule has 3 heterocycles. The van der Waals surface area contributed by atoms with E-state index in [9.17, 15) is 17.2 Å². The summed E-state index contributed by atoms with van der Waals surface area (Å²) >= 11 is 0. The van der Waals surface area contributed by atoms with Crippen LogP contribution < -0.4 is 21.7 Å². The van der Waals surface area contributed by atoms with Crippen LogP contribution in [0.1, 0.15) is 106 Å². The fraction of sp³-hybridized carbons (Fsp3) is 0.515. The molecule has 0 saturated carbocycles. The molecule has 4 atom stereocenters. The Morgan fingerprint density at radius 1 is 1.00 bits per heavy atom. The fourth-order valence-electron chi connectivity index (χ4n) is 5.97. The zero-order chi connectivity index (χ0) is 32.7. The van der Waals surface area contributed by atoms with Crippen molar-refractivity contribution in [2.24, 2.45) is 10.9 Å². The highest BCUT2D eigenvalue weighted by molar-refractivity contribution is 7.92. The minimum atomic E-state index is -3.30. The molecule has 0 bridgehead atoms. The Balaban J connectivity index is 0.00000136. The van der Waals surface area contributed by atoms with E-state index >= 15 is 0 Å². The molecular weight excluding hydrogens is 582 g/mol. The Hall–Kier alpha value is -3.31. The van der Waals surface area contributed by atoms with Crippen molar-refractivity contribution < 1.29 is 18.6 Å². The third-order valence-corrected chi connectivity index (χ3v) is 10.7. The number of nitrogens with zero attached hydrogens (tertiary/aromatic N) is 2. The molecule has 1 unspecified atom stereocenters. The summed E-state index contributed by atoms with van der Waals surface area (Å²) in [6.07, 6.45) is 4.74. The number of sulfone groups is 1. The normalized spacial score (nSPS) is 23.2. The van der Waals surface area contributed by atoms with Gasteiger partial charge in [0.2, 0.25) is 0 Å². The van der Waals surface area contributed by atoms with Crippen LogP contribution in [0.4, 0.5) is 8.78 Å². The first kappa shape index (κ1) is 35.2. The van der Waals surface area contributed by atoms with Crippen LogP contribution in [0.5, 0.6) is 0 Å². The monoisotopic (exact) mass is 632 g/mol. The third-order valence-electron chi connectivity index (χ3n) is 8.55. The summed E-state index contributed by atoms with van der Waals surface area (Å²) in [5.41, 5.74) is 15.7. The fourth-order valence-corrected chi connectivity index (χ4v) is 6.93. The van der Waals surface area contributed by atoms with Crippen LogP contribution in [0.3, 0.4) is 0 Å². The predicted octanol–water partition coefficient (Wildman–Crippen LogP) is 6.86. The molecule has 0 radical (unpaired) electrons. The summed E-state index contributed by atoms with van der Waals surface area (Å²) in [6.45, 7) is 15.5. The Bertz CT molecular complexity index is 1490. The van der Waals surface area contributed by atoms with Gasteiger partial charge in [0, 0.05) is 12.9 Å². The zero-order valence-corrected chi connectivity index (χ0v) is 28.0. The van der Waals surface area contributed by atoms with Crippen LogP contribution >= 0.6 is 0 Å². The first-order valence-corrected chi connectivity index (χ1v) is 17.6. The molecule has 8 nitrogen and oxygen atoms in total. The van der Waals surface area contributed by atoms with Crippen molar-refractivity contribution in [1.82, 2.24) is 26.7 Å². The lowest BCUT2D eigenvalue weighted by Crippen LogP contribution is -2.47. The number of aromatic nitrogens is 1. The average Bonchev–Trinajstić information content (AvgIpc) is 3.56. The number of aliphatic imine (C=N–C) groups is 1. The van der Waals surface area contributed by atoms with E-state index in [1.807, 2.05) is 52.0 Å².